The Labute approximate surface area is 48.9 Å². The highest BCUT2D eigenvalue weighted by Crippen LogP contribution is 1.18. The van der Waals surface area contributed by atoms with Crippen LogP contribution in [0.2, 0.25) is 0 Å². The molecule has 0 aliphatic heterocycles. The van der Waals surface area contributed by atoms with E-state index in [1.165, 1.54) is 0 Å². The average Bonchev–Trinajstić information content (AvgIpc) is 1.96. The minimum Gasteiger partial charge on any atom is -0.400 e. The van der Waals surface area contributed by atoms with Crippen molar-refractivity contribution in [2.24, 2.45) is 5.73 Å². The Kier molecular flexibility index (Phi) is 164. The maximum atomic E-state index is 9.05. The van der Waals surface area contributed by atoms with Gasteiger partial charge in [-0.15, -0.1) is 0 Å². The summed E-state index contributed by atoms with van der Waals surface area (Å²) in [5.41, 5.74) is 4.66. The molecular formula is C4H13NO3. The molecule has 0 aliphatic carbocycles. The number of aliphatic hydroxyl groups excluding tert-OH is 2. The maximum absolute atomic E-state index is 9.05. The Bertz CT molecular complexity index is 25.2. The van der Waals surface area contributed by atoms with Crippen molar-refractivity contribution in [1.29, 1.82) is 0 Å². The number of carbonyl (C=O) groups excluding carboxylic acids is 1. The molecule has 0 rings (SSSR count). The van der Waals surface area contributed by atoms with Crippen molar-refractivity contribution in [3.8, 4) is 0 Å². The Morgan fingerprint density at radius 2 is 1.50 bits per heavy atom. The molecule has 4 N–H and O–H groups in total. The van der Waals surface area contributed by atoms with Crippen LogP contribution in [0.5, 0.6) is 0 Å². The van der Waals surface area contributed by atoms with Crippen LogP contribution < -0.4 is 5.73 Å². The molecule has 4 heteroatoms. The molecule has 0 amide bonds. The van der Waals surface area contributed by atoms with Gasteiger partial charge in [0.15, 0.2) is 0 Å². The zero-order valence-corrected chi connectivity index (χ0v) is 5.16. The Balaban J connectivity index is -0.0000000542. The molecule has 0 bridgehead atoms. The first-order chi connectivity index (χ1) is 3.91. The predicted molar refractivity (Wildman–Crippen MR) is 31.4 cm³/mol. The molecule has 0 spiro atoms. The second-order valence-electron chi connectivity index (χ2n) is 0.402. The van der Waals surface area contributed by atoms with Gasteiger partial charge in [0.25, 0.3) is 0 Å². The van der Waals surface area contributed by atoms with Crippen molar-refractivity contribution < 1.29 is 15.0 Å². The van der Waals surface area contributed by atoms with Gasteiger partial charge in [-0.05, 0) is 0 Å². The lowest BCUT2D eigenvalue weighted by Crippen LogP contribution is -1.97. The van der Waals surface area contributed by atoms with Crippen LogP contribution >= 0.6 is 0 Å². The lowest BCUT2D eigenvalue weighted by molar-refractivity contribution is -0.106. The van der Waals surface area contributed by atoms with E-state index in [9.17, 15) is 0 Å². The highest BCUT2D eigenvalue weighted by molar-refractivity contribution is 5.51. The van der Waals surface area contributed by atoms with Gasteiger partial charge in [0.05, 0.1) is 0 Å². The number of rotatable bonds is 1. The average molecular weight is 123 g/mol. The summed E-state index contributed by atoms with van der Waals surface area (Å²) in [5.74, 6) is 0. The van der Waals surface area contributed by atoms with Crippen LogP contribution in [0.3, 0.4) is 0 Å². The molecule has 0 aromatic heterocycles. The summed E-state index contributed by atoms with van der Waals surface area (Å²) in [6.07, 6.45) is 0.653. The van der Waals surface area contributed by atoms with Crippen molar-refractivity contribution in [3.05, 3.63) is 0 Å². The first-order valence-corrected chi connectivity index (χ1v) is 1.95. The minimum absolute atomic E-state index is 0.139. The number of hydrogen-bond acceptors (Lipinski definition) is 4. The number of hydrogen-bond donors (Lipinski definition) is 3. The van der Waals surface area contributed by atoms with Crippen LogP contribution in [0, 0.1) is 0 Å². The monoisotopic (exact) mass is 123 g/mol. The van der Waals surface area contributed by atoms with E-state index >= 15 is 0 Å². The van der Waals surface area contributed by atoms with Gasteiger partial charge in [-0.1, -0.05) is 0 Å². The van der Waals surface area contributed by atoms with E-state index in [1.54, 1.807) is 0 Å². The minimum atomic E-state index is 0.139. The molecule has 0 aliphatic rings. The van der Waals surface area contributed by atoms with Gasteiger partial charge in [-0.25, -0.2) is 0 Å². The first kappa shape index (κ1) is 15.6. The van der Waals surface area contributed by atoms with E-state index in [2.05, 4.69) is 5.73 Å². The second-order valence-corrected chi connectivity index (χ2v) is 0.402. The summed E-state index contributed by atoms with van der Waals surface area (Å²) in [4.78, 5) is 9.05. The number of nitrogens with two attached hydrogens (primary N) is 1. The standard InChI is InChI=1S/C2H5NO.2CH4O/c3-1-2-4;2*1-2/h2H,1,3H2;2*2H,1H3. The highest BCUT2D eigenvalue weighted by Gasteiger charge is 1.51. The van der Waals surface area contributed by atoms with Gasteiger partial charge < -0.3 is 20.7 Å². The fourth-order valence-electron chi connectivity index (χ4n) is 0. The predicted octanol–water partition coefficient (Wildman–Crippen LogP) is -1.64. The fourth-order valence-corrected chi connectivity index (χ4v) is 0. The molecule has 0 fully saturated rings. The van der Waals surface area contributed by atoms with Crippen molar-refractivity contribution in [3.63, 3.8) is 0 Å². The van der Waals surface area contributed by atoms with E-state index in [-0.39, 0.29) is 6.54 Å². The van der Waals surface area contributed by atoms with Crippen molar-refractivity contribution in [1.82, 2.24) is 0 Å². The summed E-state index contributed by atoms with van der Waals surface area (Å²) in [7, 11) is 2.00. The molecule has 0 unspecified atom stereocenters. The van der Waals surface area contributed by atoms with E-state index in [0.717, 1.165) is 14.2 Å². The van der Waals surface area contributed by atoms with Crippen molar-refractivity contribution >= 4 is 6.29 Å². The van der Waals surface area contributed by atoms with E-state index in [1.807, 2.05) is 0 Å². The Morgan fingerprint density at radius 3 is 1.50 bits per heavy atom. The Hall–Kier alpha value is -0.450. The smallest absolute Gasteiger partial charge is 0.133 e. The van der Waals surface area contributed by atoms with Gasteiger partial charge in [0.1, 0.15) is 6.29 Å². The molecule has 0 heterocycles. The van der Waals surface area contributed by atoms with Gasteiger partial charge >= 0.3 is 0 Å². The normalized spacial score (nSPS) is 4.62. The van der Waals surface area contributed by atoms with Gasteiger partial charge in [0, 0.05) is 20.8 Å². The second kappa shape index (κ2) is 84.0. The number of aliphatic hydroxyl groups is 2. The largest absolute Gasteiger partial charge is 0.400 e. The molecule has 0 saturated carbocycles. The van der Waals surface area contributed by atoms with Crippen LogP contribution in [0.25, 0.3) is 0 Å². The molecule has 0 atom stereocenters. The molecule has 0 saturated heterocycles. The summed E-state index contributed by atoms with van der Waals surface area (Å²) in [6.45, 7) is 0.139. The molecule has 0 aromatic carbocycles. The third-order valence-electron chi connectivity index (χ3n) is 0.0962. The molecule has 4 nitrogen and oxygen atoms in total. The Morgan fingerprint density at radius 1 is 1.38 bits per heavy atom. The lowest BCUT2D eigenvalue weighted by Gasteiger charge is -1.55. The summed E-state index contributed by atoms with van der Waals surface area (Å²) < 4.78 is 0. The summed E-state index contributed by atoms with van der Waals surface area (Å²) >= 11 is 0. The zero-order valence-electron chi connectivity index (χ0n) is 5.16. The molecule has 0 aromatic rings. The zero-order chi connectivity index (χ0) is 7.41. The molecule has 8 heavy (non-hydrogen) atoms. The van der Waals surface area contributed by atoms with Crippen LogP contribution in [0.15, 0.2) is 0 Å². The summed E-state index contributed by atoms with van der Waals surface area (Å²) in [5, 5.41) is 14.0. The van der Waals surface area contributed by atoms with Gasteiger partial charge in [-0.2, -0.15) is 0 Å². The first-order valence-electron chi connectivity index (χ1n) is 1.95. The third kappa shape index (κ3) is 380. The van der Waals surface area contributed by atoms with Crippen molar-refractivity contribution in [2.45, 2.75) is 0 Å². The van der Waals surface area contributed by atoms with E-state index in [0.29, 0.717) is 6.29 Å². The van der Waals surface area contributed by atoms with Gasteiger partial charge in [-0.3, -0.25) is 0 Å². The molecular weight excluding hydrogens is 110 g/mol. The van der Waals surface area contributed by atoms with E-state index < -0.39 is 0 Å². The van der Waals surface area contributed by atoms with Crippen LogP contribution in [-0.2, 0) is 4.79 Å². The number of carbonyl (C=O) groups is 1. The quantitative estimate of drug-likeness (QED) is 0.365. The van der Waals surface area contributed by atoms with Crippen molar-refractivity contribution in [2.75, 3.05) is 20.8 Å². The fraction of sp³-hybridized carbons (Fsp3) is 0.750. The van der Waals surface area contributed by atoms with E-state index in [4.69, 9.17) is 15.0 Å². The maximum Gasteiger partial charge on any atom is 0.133 e. The summed E-state index contributed by atoms with van der Waals surface area (Å²) in [6, 6.07) is 0. The van der Waals surface area contributed by atoms with Gasteiger partial charge in [0.2, 0.25) is 0 Å². The van der Waals surface area contributed by atoms with Crippen LogP contribution in [0.1, 0.15) is 0 Å². The highest BCUT2D eigenvalue weighted by atomic mass is 16.2. The lowest BCUT2D eigenvalue weighted by atomic mass is 10.8. The SMILES string of the molecule is CO.CO.NCC=O. The van der Waals surface area contributed by atoms with Crippen LogP contribution in [0.4, 0.5) is 0 Å². The third-order valence-corrected chi connectivity index (χ3v) is 0.0962. The number of aldehydes is 1. The topological polar surface area (TPSA) is 83.6 Å². The van der Waals surface area contributed by atoms with Crippen LogP contribution in [-0.4, -0.2) is 37.3 Å². The molecule has 0 radical (unpaired) electrons. The molecule has 52 valence electrons.